The maximum Gasteiger partial charge on any atom is 0.278 e. The van der Waals surface area contributed by atoms with Crippen LogP contribution in [0.25, 0.3) is 11.2 Å². The van der Waals surface area contributed by atoms with E-state index in [4.69, 9.17) is 4.74 Å². The molecule has 0 spiro atoms. The summed E-state index contributed by atoms with van der Waals surface area (Å²) in [7, 11) is 0. The highest BCUT2D eigenvalue weighted by Gasteiger charge is 2.22. The molecule has 1 unspecified atom stereocenters. The van der Waals surface area contributed by atoms with Gasteiger partial charge in [0.2, 0.25) is 5.91 Å². The highest BCUT2D eigenvalue weighted by Crippen LogP contribution is 2.24. The first-order chi connectivity index (χ1) is 13.6. The first-order valence-corrected chi connectivity index (χ1v) is 10.6. The highest BCUT2D eigenvalue weighted by atomic mass is 79.9. The Morgan fingerprint density at radius 2 is 2.21 bits per heavy atom. The maximum absolute atomic E-state index is 12.3. The summed E-state index contributed by atoms with van der Waals surface area (Å²) in [5.41, 5.74) is 1.21. The summed E-state index contributed by atoms with van der Waals surface area (Å²) >= 11 is 4.64. The van der Waals surface area contributed by atoms with Gasteiger partial charge in [0.1, 0.15) is 0 Å². The number of carbonyl (C=O) groups is 1. The molecule has 1 fully saturated rings. The number of nitrogens with zero attached hydrogens (tertiary/aromatic N) is 3. The Labute approximate surface area is 173 Å². The number of nitrogens with one attached hydrogen (secondary N) is 2. The highest BCUT2D eigenvalue weighted by molar-refractivity contribution is 9.10. The number of imidazole rings is 1. The molecule has 0 saturated carbocycles. The van der Waals surface area contributed by atoms with Crippen molar-refractivity contribution in [2.45, 2.75) is 30.6 Å². The number of thioether (sulfide) groups is 1. The number of rotatable bonds is 6. The van der Waals surface area contributed by atoms with Gasteiger partial charge in [0, 0.05) is 16.8 Å². The molecule has 3 heterocycles. The number of carbonyl (C=O) groups excluding carboxylic acids is 1. The second kappa shape index (κ2) is 8.46. The van der Waals surface area contributed by atoms with Crippen molar-refractivity contribution in [1.82, 2.24) is 19.5 Å². The van der Waals surface area contributed by atoms with Crippen molar-refractivity contribution >= 4 is 50.5 Å². The Hall–Kier alpha value is -2.17. The predicted molar refractivity (Wildman–Crippen MR) is 111 cm³/mol. The molecule has 8 nitrogen and oxygen atoms in total. The molecule has 10 heteroatoms. The van der Waals surface area contributed by atoms with Gasteiger partial charge in [0.05, 0.1) is 24.7 Å². The van der Waals surface area contributed by atoms with Gasteiger partial charge in [-0.05, 0) is 37.1 Å². The zero-order chi connectivity index (χ0) is 19.5. The van der Waals surface area contributed by atoms with Crippen LogP contribution in [0.2, 0.25) is 0 Å². The van der Waals surface area contributed by atoms with E-state index >= 15 is 0 Å². The summed E-state index contributed by atoms with van der Waals surface area (Å²) in [5, 5.41) is 3.44. The number of hydrogen-bond acceptors (Lipinski definition) is 6. The quantitative estimate of drug-likeness (QED) is 0.544. The first-order valence-electron chi connectivity index (χ1n) is 8.84. The molecule has 1 amide bonds. The van der Waals surface area contributed by atoms with Crippen molar-refractivity contribution in [3.63, 3.8) is 0 Å². The summed E-state index contributed by atoms with van der Waals surface area (Å²) < 4.78 is 8.54. The molecule has 4 rings (SSSR count). The normalized spacial score (nSPS) is 16.5. The van der Waals surface area contributed by atoms with Crippen LogP contribution in [0.4, 0.5) is 5.69 Å². The molecular formula is C18H18BrN5O3S. The van der Waals surface area contributed by atoms with Crippen molar-refractivity contribution in [1.29, 1.82) is 0 Å². The van der Waals surface area contributed by atoms with Crippen LogP contribution in [-0.2, 0) is 16.1 Å². The smallest absolute Gasteiger partial charge is 0.278 e. The van der Waals surface area contributed by atoms with Crippen molar-refractivity contribution in [3.05, 3.63) is 45.4 Å². The SMILES string of the molecule is O=C(CSc1nc2c(=O)[nH]cnc2n1CC1CCCO1)Nc1ccc(Br)cc1. The van der Waals surface area contributed by atoms with Crippen LogP contribution in [0, 0.1) is 0 Å². The Balaban J connectivity index is 1.52. The molecule has 28 heavy (non-hydrogen) atoms. The molecule has 1 aromatic carbocycles. The van der Waals surface area contributed by atoms with E-state index < -0.39 is 0 Å². The Morgan fingerprint density at radius 3 is 2.96 bits per heavy atom. The van der Waals surface area contributed by atoms with E-state index in [1.165, 1.54) is 18.1 Å². The fourth-order valence-electron chi connectivity index (χ4n) is 3.06. The van der Waals surface area contributed by atoms with Crippen LogP contribution >= 0.6 is 27.7 Å². The van der Waals surface area contributed by atoms with E-state index in [9.17, 15) is 9.59 Å². The topological polar surface area (TPSA) is 102 Å². The van der Waals surface area contributed by atoms with E-state index in [0.717, 1.165) is 29.6 Å². The van der Waals surface area contributed by atoms with Gasteiger partial charge in [-0.2, -0.15) is 0 Å². The molecule has 1 atom stereocenters. The minimum atomic E-state index is -0.294. The first kappa shape index (κ1) is 19.2. The Bertz CT molecular complexity index is 1040. The molecule has 1 aliphatic heterocycles. The number of ether oxygens (including phenoxy) is 1. The average Bonchev–Trinajstić information content (AvgIpc) is 3.32. The van der Waals surface area contributed by atoms with Gasteiger partial charge in [-0.1, -0.05) is 27.7 Å². The van der Waals surface area contributed by atoms with E-state index in [2.05, 4.69) is 36.2 Å². The number of halogens is 1. The summed E-state index contributed by atoms with van der Waals surface area (Å²) in [6.07, 6.45) is 3.41. The van der Waals surface area contributed by atoms with Gasteiger partial charge in [0.15, 0.2) is 16.3 Å². The lowest BCUT2D eigenvalue weighted by molar-refractivity contribution is -0.113. The van der Waals surface area contributed by atoms with Crippen LogP contribution in [0.15, 0.2) is 45.0 Å². The Morgan fingerprint density at radius 1 is 1.39 bits per heavy atom. The molecule has 0 bridgehead atoms. The molecule has 2 aromatic heterocycles. The van der Waals surface area contributed by atoms with E-state index in [-0.39, 0.29) is 28.8 Å². The monoisotopic (exact) mass is 463 g/mol. The predicted octanol–water partition coefficient (Wildman–Crippen LogP) is 2.79. The van der Waals surface area contributed by atoms with Crippen LogP contribution in [0.3, 0.4) is 0 Å². The van der Waals surface area contributed by atoms with Gasteiger partial charge in [-0.3, -0.25) is 9.59 Å². The molecule has 3 aromatic rings. The summed E-state index contributed by atoms with van der Waals surface area (Å²) in [6, 6.07) is 7.37. The average molecular weight is 464 g/mol. The minimum Gasteiger partial charge on any atom is -0.376 e. The van der Waals surface area contributed by atoms with E-state index in [1.54, 1.807) is 0 Å². The minimum absolute atomic E-state index is 0.0643. The molecule has 0 aliphatic carbocycles. The van der Waals surface area contributed by atoms with Crippen LogP contribution in [-0.4, -0.2) is 43.9 Å². The lowest BCUT2D eigenvalue weighted by atomic mass is 10.2. The van der Waals surface area contributed by atoms with Gasteiger partial charge in [-0.25, -0.2) is 9.97 Å². The maximum atomic E-state index is 12.3. The standard InChI is InChI=1S/C18H18BrN5O3S/c19-11-3-5-12(6-4-11)22-14(25)9-28-18-23-15-16(20-10-21-17(15)26)24(18)8-13-2-1-7-27-13/h3-6,10,13H,1-2,7-9H2,(H,22,25)(H,20,21,26). The van der Waals surface area contributed by atoms with Gasteiger partial charge < -0.3 is 19.6 Å². The lowest BCUT2D eigenvalue weighted by Gasteiger charge is -2.13. The number of anilines is 1. The van der Waals surface area contributed by atoms with Crippen LogP contribution in [0.1, 0.15) is 12.8 Å². The molecule has 1 aliphatic rings. The fourth-order valence-corrected chi connectivity index (χ4v) is 4.12. The van der Waals surface area contributed by atoms with Gasteiger partial charge in [0.25, 0.3) is 5.56 Å². The zero-order valence-electron chi connectivity index (χ0n) is 14.9. The van der Waals surface area contributed by atoms with Crippen molar-refractivity contribution in [2.75, 3.05) is 17.7 Å². The van der Waals surface area contributed by atoms with Crippen LogP contribution < -0.4 is 10.9 Å². The van der Waals surface area contributed by atoms with E-state index in [0.29, 0.717) is 17.3 Å². The number of benzene rings is 1. The van der Waals surface area contributed by atoms with Crippen molar-refractivity contribution < 1.29 is 9.53 Å². The molecule has 1 saturated heterocycles. The third-order valence-electron chi connectivity index (χ3n) is 4.37. The van der Waals surface area contributed by atoms with E-state index in [1.807, 2.05) is 28.8 Å². The van der Waals surface area contributed by atoms with Crippen LogP contribution in [0.5, 0.6) is 0 Å². The number of fused-ring (bicyclic) bond motifs is 1. The third kappa shape index (κ3) is 4.29. The second-order valence-electron chi connectivity index (χ2n) is 6.39. The number of aromatic nitrogens is 4. The summed E-state index contributed by atoms with van der Waals surface area (Å²) in [6.45, 7) is 1.30. The zero-order valence-corrected chi connectivity index (χ0v) is 17.3. The van der Waals surface area contributed by atoms with Crippen molar-refractivity contribution in [2.24, 2.45) is 0 Å². The Kier molecular flexibility index (Phi) is 5.79. The number of H-pyrrole nitrogens is 1. The van der Waals surface area contributed by atoms with Gasteiger partial charge in [-0.15, -0.1) is 0 Å². The largest absolute Gasteiger partial charge is 0.376 e. The van der Waals surface area contributed by atoms with Gasteiger partial charge >= 0.3 is 0 Å². The number of amides is 1. The molecular weight excluding hydrogens is 446 g/mol. The second-order valence-corrected chi connectivity index (χ2v) is 8.25. The molecule has 2 N–H and O–H groups in total. The lowest BCUT2D eigenvalue weighted by Crippen LogP contribution is -2.18. The fraction of sp³-hybridized carbons (Fsp3) is 0.333. The molecule has 146 valence electrons. The summed E-state index contributed by atoms with van der Waals surface area (Å²) in [5.74, 6) is 0.0212. The number of aromatic amines is 1. The third-order valence-corrected chi connectivity index (χ3v) is 5.88. The summed E-state index contributed by atoms with van der Waals surface area (Å²) in [4.78, 5) is 35.7. The number of hydrogen-bond donors (Lipinski definition) is 2. The van der Waals surface area contributed by atoms with Crippen molar-refractivity contribution in [3.8, 4) is 0 Å². The molecule has 0 radical (unpaired) electrons.